The third-order valence-corrected chi connectivity index (χ3v) is 2.40. The summed E-state index contributed by atoms with van der Waals surface area (Å²) in [6.07, 6.45) is 1.25. The fourth-order valence-corrected chi connectivity index (χ4v) is 1.58. The van der Waals surface area contributed by atoms with E-state index in [1.165, 1.54) is 5.56 Å². The fraction of sp³-hybridized carbons (Fsp3) is 0.538. The Kier molecular flexibility index (Phi) is 4.63. The van der Waals surface area contributed by atoms with Crippen molar-refractivity contribution in [1.82, 2.24) is 0 Å². The minimum Gasteiger partial charge on any atom is -0.491 e. The molecule has 0 aliphatic carbocycles. The van der Waals surface area contributed by atoms with Crippen LogP contribution >= 0.6 is 0 Å². The molecule has 0 fully saturated rings. The van der Waals surface area contributed by atoms with Crippen molar-refractivity contribution in [2.75, 3.05) is 6.54 Å². The highest BCUT2D eigenvalue weighted by molar-refractivity contribution is 5.30. The highest BCUT2D eigenvalue weighted by Gasteiger charge is 2.06. The molecule has 0 radical (unpaired) electrons. The van der Waals surface area contributed by atoms with Crippen molar-refractivity contribution in [3.05, 3.63) is 29.8 Å². The van der Waals surface area contributed by atoms with Crippen molar-refractivity contribution in [2.24, 2.45) is 5.73 Å². The van der Waals surface area contributed by atoms with E-state index in [2.05, 4.69) is 19.1 Å². The average molecular weight is 207 g/mol. The highest BCUT2D eigenvalue weighted by Crippen LogP contribution is 2.23. The van der Waals surface area contributed by atoms with Gasteiger partial charge in [0, 0.05) is 0 Å². The lowest BCUT2D eigenvalue weighted by Crippen LogP contribution is -2.07. The van der Waals surface area contributed by atoms with Crippen LogP contribution in [0.1, 0.15) is 38.7 Å². The number of benzene rings is 1. The molecule has 0 heterocycles. The topological polar surface area (TPSA) is 35.2 Å². The maximum absolute atomic E-state index is 5.65. The standard InChI is InChI=1S/C13H21NO/c1-10(2)15-13-6-4-5-12(9-13)11(3)7-8-14/h4-6,9-11H,7-8,14H2,1-3H3. The van der Waals surface area contributed by atoms with Gasteiger partial charge in [0.25, 0.3) is 0 Å². The zero-order valence-corrected chi connectivity index (χ0v) is 9.86. The summed E-state index contributed by atoms with van der Waals surface area (Å²) in [5, 5.41) is 0. The van der Waals surface area contributed by atoms with E-state index >= 15 is 0 Å². The van der Waals surface area contributed by atoms with Crippen LogP contribution in [0, 0.1) is 0 Å². The smallest absolute Gasteiger partial charge is 0.119 e. The Labute approximate surface area is 92.4 Å². The summed E-state index contributed by atoms with van der Waals surface area (Å²) in [4.78, 5) is 0. The summed E-state index contributed by atoms with van der Waals surface area (Å²) >= 11 is 0. The largest absolute Gasteiger partial charge is 0.491 e. The number of hydrogen-bond acceptors (Lipinski definition) is 2. The Morgan fingerprint density at radius 3 is 2.60 bits per heavy atom. The molecular weight excluding hydrogens is 186 g/mol. The number of ether oxygens (including phenoxy) is 1. The summed E-state index contributed by atoms with van der Waals surface area (Å²) < 4.78 is 5.65. The van der Waals surface area contributed by atoms with E-state index in [9.17, 15) is 0 Å². The predicted molar refractivity (Wildman–Crippen MR) is 64.3 cm³/mol. The van der Waals surface area contributed by atoms with Crippen LogP contribution in [0.15, 0.2) is 24.3 Å². The second-order valence-electron chi connectivity index (χ2n) is 4.22. The fourth-order valence-electron chi connectivity index (χ4n) is 1.58. The van der Waals surface area contributed by atoms with E-state index in [0.29, 0.717) is 5.92 Å². The molecule has 1 aromatic rings. The number of hydrogen-bond donors (Lipinski definition) is 1. The lowest BCUT2D eigenvalue weighted by molar-refractivity contribution is 0.242. The molecule has 2 nitrogen and oxygen atoms in total. The molecule has 0 aromatic heterocycles. The van der Waals surface area contributed by atoms with Crippen LogP contribution in [-0.2, 0) is 0 Å². The van der Waals surface area contributed by atoms with Gasteiger partial charge in [-0.3, -0.25) is 0 Å². The Morgan fingerprint density at radius 1 is 1.27 bits per heavy atom. The normalized spacial score (nSPS) is 12.9. The summed E-state index contributed by atoms with van der Waals surface area (Å²) in [6, 6.07) is 8.28. The molecule has 1 atom stereocenters. The third-order valence-electron chi connectivity index (χ3n) is 2.40. The van der Waals surface area contributed by atoms with Gasteiger partial charge in [-0.05, 0) is 50.4 Å². The predicted octanol–water partition coefficient (Wildman–Crippen LogP) is 2.93. The minimum absolute atomic E-state index is 0.227. The van der Waals surface area contributed by atoms with Crippen molar-refractivity contribution < 1.29 is 4.74 Å². The second-order valence-corrected chi connectivity index (χ2v) is 4.22. The van der Waals surface area contributed by atoms with Gasteiger partial charge in [-0.25, -0.2) is 0 Å². The van der Waals surface area contributed by atoms with E-state index < -0.39 is 0 Å². The molecule has 2 heteroatoms. The monoisotopic (exact) mass is 207 g/mol. The zero-order chi connectivity index (χ0) is 11.3. The van der Waals surface area contributed by atoms with Crippen LogP contribution in [0.5, 0.6) is 5.75 Å². The summed E-state index contributed by atoms with van der Waals surface area (Å²) in [5.74, 6) is 1.46. The molecule has 15 heavy (non-hydrogen) atoms. The third kappa shape index (κ3) is 3.92. The van der Waals surface area contributed by atoms with Crippen LogP contribution in [-0.4, -0.2) is 12.6 Å². The first-order valence-corrected chi connectivity index (χ1v) is 5.60. The second kappa shape index (κ2) is 5.76. The van der Waals surface area contributed by atoms with Crippen LogP contribution in [0.25, 0.3) is 0 Å². The van der Waals surface area contributed by atoms with Gasteiger partial charge in [0.15, 0.2) is 0 Å². The van der Waals surface area contributed by atoms with Crippen LogP contribution in [0.2, 0.25) is 0 Å². The first-order valence-electron chi connectivity index (χ1n) is 5.60. The molecule has 2 N–H and O–H groups in total. The van der Waals surface area contributed by atoms with Gasteiger partial charge in [-0.2, -0.15) is 0 Å². The van der Waals surface area contributed by atoms with Gasteiger partial charge in [0.05, 0.1) is 6.10 Å². The molecule has 1 unspecified atom stereocenters. The van der Waals surface area contributed by atoms with Crippen LogP contribution in [0.3, 0.4) is 0 Å². The summed E-state index contributed by atoms with van der Waals surface area (Å²) in [7, 11) is 0. The molecule has 84 valence electrons. The van der Waals surface area contributed by atoms with Gasteiger partial charge in [0.1, 0.15) is 5.75 Å². The van der Waals surface area contributed by atoms with Gasteiger partial charge >= 0.3 is 0 Å². The van der Waals surface area contributed by atoms with Crippen LogP contribution < -0.4 is 10.5 Å². The molecule has 0 bridgehead atoms. The van der Waals surface area contributed by atoms with Gasteiger partial charge in [0.2, 0.25) is 0 Å². The van der Waals surface area contributed by atoms with Gasteiger partial charge in [-0.15, -0.1) is 0 Å². The first-order chi connectivity index (χ1) is 7.13. The first kappa shape index (κ1) is 12.1. The van der Waals surface area contributed by atoms with Crippen molar-refractivity contribution in [3.63, 3.8) is 0 Å². The molecule has 0 amide bonds. The summed E-state index contributed by atoms with van der Waals surface area (Å²) in [5.41, 5.74) is 6.86. The molecule has 1 aromatic carbocycles. The number of rotatable bonds is 5. The van der Waals surface area contributed by atoms with Crippen LogP contribution in [0.4, 0.5) is 0 Å². The number of nitrogens with two attached hydrogens (primary N) is 1. The van der Waals surface area contributed by atoms with E-state index in [4.69, 9.17) is 10.5 Å². The molecular formula is C13H21NO. The van der Waals surface area contributed by atoms with E-state index in [1.54, 1.807) is 0 Å². The van der Waals surface area contributed by atoms with E-state index in [0.717, 1.165) is 18.7 Å². The molecule has 0 spiro atoms. The van der Waals surface area contributed by atoms with Crippen molar-refractivity contribution in [1.29, 1.82) is 0 Å². The van der Waals surface area contributed by atoms with Crippen molar-refractivity contribution in [2.45, 2.75) is 39.2 Å². The lowest BCUT2D eigenvalue weighted by Gasteiger charge is -2.14. The minimum atomic E-state index is 0.227. The van der Waals surface area contributed by atoms with Gasteiger partial charge < -0.3 is 10.5 Å². The Morgan fingerprint density at radius 2 is 2.00 bits per heavy atom. The molecule has 0 aliphatic heterocycles. The molecule has 1 rings (SSSR count). The van der Waals surface area contributed by atoms with E-state index in [-0.39, 0.29) is 6.10 Å². The maximum atomic E-state index is 5.65. The Hall–Kier alpha value is -1.02. The SMILES string of the molecule is CC(C)Oc1cccc(C(C)CCN)c1. The van der Waals surface area contributed by atoms with Gasteiger partial charge in [-0.1, -0.05) is 19.1 Å². The quantitative estimate of drug-likeness (QED) is 0.805. The average Bonchev–Trinajstić information content (AvgIpc) is 2.17. The zero-order valence-electron chi connectivity index (χ0n) is 9.86. The lowest BCUT2D eigenvalue weighted by atomic mass is 9.98. The highest BCUT2D eigenvalue weighted by atomic mass is 16.5. The molecule has 0 aliphatic rings. The Balaban J connectivity index is 2.73. The molecule has 0 saturated heterocycles. The maximum Gasteiger partial charge on any atom is 0.119 e. The Bertz CT molecular complexity index is 296. The van der Waals surface area contributed by atoms with E-state index in [1.807, 2.05) is 26.0 Å². The van der Waals surface area contributed by atoms with Crippen molar-refractivity contribution in [3.8, 4) is 5.75 Å². The van der Waals surface area contributed by atoms with Crippen molar-refractivity contribution >= 4 is 0 Å². The molecule has 0 saturated carbocycles. The summed E-state index contributed by atoms with van der Waals surface area (Å²) in [6.45, 7) is 7.00.